The molecular formula is C11H21ClO5. The molecule has 4 atom stereocenters. The molecular weight excluding hydrogens is 248 g/mol. The van der Waals surface area contributed by atoms with E-state index in [0.717, 1.165) is 0 Å². The van der Waals surface area contributed by atoms with E-state index in [1.165, 1.54) is 0 Å². The standard InChI is InChI=1S/C11H21ClO5/c1-13-7-9-11(15-3)8(14-2)6-10(17-9)16-5-4-12/h8-11H,4-7H2,1-3H3/t8-,9-,10+,11+/m1/s1. The van der Waals surface area contributed by atoms with E-state index in [1.54, 1.807) is 21.3 Å². The van der Waals surface area contributed by atoms with Gasteiger partial charge in [-0.1, -0.05) is 0 Å². The molecule has 0 aliphatic carbocycles. The third-order valence-corrected chi connectivity index (χ3v) is 2.93. The van der Waals surface area contributed by atoms with Gasteiger partial charge in [-0.25, -0.2) is 0 Å². The van der Waals surface area contributed by atoms with Crippen LogP contribution in [0.3, 0.4) is 0 Å². The van der Waals surface area contributed by atoms with Crippen molar-refractivity contribution < 1.29 is 23.7 Å². The highest BCUT2D eigenvalue weighted by Crippen LogP contribution is 2.25. The fourth-order valence-electron chi connectivity index (χ4n) is 2.01. The summed E-state index contributed by atoms with van der Waals surface area (Å²) in [6.07, 6.45) is -0.0779. The largest absolute Gasteiger partial charge is 0.382 e. The first-order valence-electron chi connectivity index (χ1n) is 5.64. The van der Waals surface area contributed by atoms with E-state index in [4.69, 9.17) is 35.3 Å². The lowest BCUT2D eigenvalue weighted by Gasteiger charge is -2.39. The minimum atomic E-state index is -0.315. The second-order valence-electron chi connectivity index (χ2n) is 3.83. The molecule has 0 radical (unpaired) electrons. The van der Waals surface area contributed by atoms with Crippen molar-refractivity contribution in [3.05, 3.63) is 0 Å². The van der Waals surface area contributed by atoms with E-state index in [2.05, 4.69) is 0 Å². The van der Waals surface area contributed by atoms with Crippen molar-refractivity contribution >= 4 is 11.6 Å². The Bertz CT molecular complexity index is 204. The van der Waals surface area contributed by atoms with Crippen LogP contribution in [0.1, 0.15) is 6.42 Å². The lowest BCUT2D eigenvalue weighted by Crippen LogP contribution is -2.52. The van der Waals surface area contributed by atoms with Crippen LogP contribution in [0.5, 0.6) is 0 Å². The van der Waals surface area contributed by atoms with E-state index in [0.29, 0.717) is 25.5 Å². The van der Waals surface area contributed by atoms with Gasteiger partial charge in [0.1, 0.15) is 12.2 Å². The van der Waals surface area contributed by atoms with Gasteiger partial charge in [0.25, 0.3) is 0 Å². The van der Waals surface area contributed by atoms with Crippen molar-refractivity contribution in [3.8, 4) is 0 Å². The molecule has 1 aliphatic rings. The molecule has 1 heterocycles. The number of hydrogen-bond donors (Lipinski definition) is 0. The maximum Gasteiger partial charge on any atom is 0.160 e. The van der Waals surface area contributed by atoms with Crippen LogP contribution >= 0.6 is 11.6 Å². The van der Waals surface area contributed by atoms with Crippen molar-refractivity contribution in [2.75, 3.05) is 40.4 Å². The summed E-state index contributed by atoms with van der Waals surface area (Å²) in [5.74, 6) is 0.445. The molecule has 1 rings (SSSR count). The van der Waals surface area contributed by atoms with E-state index in [1.807, 2.05) is 0 Å². The highest BCUT2D eigenvalue weighted by atomic mass is 35.5. The number of ether oxygens (including phenoxy) is 5. The van der Waals surface area contributed by atoms with Crippen LogP contribution in [-0.2, 0) is 23.7 Å². The predicted octanol–water partition coefficient (Wildman–Crippen LogP) is 1.03. The molecule has 0 saturated carbocycles. The minimum Gasteiger partial charge on any atom is -0.382 e. The summed E-state index contributed by atoms with van der Waals surface area (Å²) in [4.78, 5) is 0. The zero-order valence-electron chi connectivity index (χ0n) is 10.6. The summed E-state index contributed by atoms with van der Waals surface area (Å²) in [7, 11) is 4.92. The first kappa shape index (κ1) is 15.1. The van der Waals surface area contributed by atoms with E-state index in [-0.39, 0.29) is 24.6 Å². The topological polar surface area (TPSA) is 46.2 Å². The molecule has 0 unspecified atom stereocenters. The van der Waals surface area contributed by atoms with Gasteiger partial charge >= 0.3 is 0 Å². The molecule has 1 aliphatic heterocycles. The maximum absolute atomic E-state index is 5.75. The Kier molecular flexibility index (Phi) is 7.34. The molecule has 0 spiro atoms. The predicted molar refractivity (Wildman–Crippen MR) is 63.4 cm³/mol. The molecule has 6 heteroatoms. The number of rotatable bonds is 7. The second-order valence-corrected chi connectivity index (χ2v) is 4.21. The van der Waals surface area contributed by atoms with Gasteiger partial charge in [-0.2, -0.15) is 0 Å². The average molecular weight is 269 g/mol. The summed E-state index contributed by atoms with van der Waals surface area (Å²) < 4.78 is 27.2. The number of halogens is 1. The average Bonchev–Trinajstić information content (AvgIpc) is 2.36. The van der Waals surface area contributed by atoms with Crippen LogP contribution in [0.15, 0.2) is 0 Å². The second kappa shape index (κ2) is 8.24. The fourth-order valence-corrected chi connectivity index (χ4v) is 2.10. The van der Waals surface area contributed by atoms with Crippen molar-refractivity contribution in [2.24, 2.45) is 0 Å². The molecule has 1 fully saturated rings. The Hall–Kier alpha value is 0.0900. The molecule has 5 nitrogen and oxygen atoms in total. The molecule has 0 N–H and O–H groups in total. The number of hydrogen-bond acceptors (Lipinski definition) is 5. The lowest BCUT2D eigenvalue weighted by molar-refractivity contribution is -0.264. The molecule has 1 saturated heterocycles. The van der Waals surface area contributed by atoms with Gasteiger partial charge in [-0.3, -0.25) is 0 Å². The van der Waals surface area contributed by atoms with Crippen LogP contribution in [0.2, 0.25) is 0 Å². The Morgan fingerprint density at radius 3 is 2.53 bits per heavy atom. The van der Waals surface area contributed by atoms with Gasteiger partial charge in [0, 0.05) is 33.6 Å². The van der Waals surface area contributed by atoms with E-state index >= 15 is 0 Å². The third kappa shape index (κ3) is 4.35. The summed E-state index contributed by atoms with van der Waals surface area (Å²) in [6.45, 7) is 0.902. The summed E-state index contributed by atoms with van der Waals surface area (Å²) >= 11 is 5.58. The number of methoxy groups -OCH3 is 3. The van der Waals surface area contributed by atoms with Gasteiger partial charge in [0.2, 0.25) is 0 Å². The van der Waals surface area contributed by atoms with Crippen LogP contribution in [0.25, 0.3) is 0 Å². The molecule has 0 aromatic carbocycles. The van der Waals surface area contributed by atoms with Gasteiger partial charge in [0.15, 0.2) is 6.29 Å². The zero-order chi connectivity index (χ0) is 12.7. The molecule has 0 bridgehead atoms. The highest BCUT2D eigenvalue weighted by molar-refractivity contribution is 6.17. The van der Waals surface area contributed by atoms with Crippen LogP contribution in [0, 0.1) is 0 Å². The zero-order valence-corrected chi connectivity index (χ0v) is 11.3. The third-order valence-electron chi connectivity index (χ3n) is 2.77. The van der Waals surface area contributed by atoms with Gasteiger partial charge < -0.3 is 23.7 Å². The highest BCUT2D eigenvalue weighted by Gasteiger charge is 2.39. The van der Waals surface area contributed by atoms with Crippen molar-refractivity contribution in [3.63, 3.8) is 0 Å². The lowest BCUT2D eigenvalue weighted by atomic mass is 10.0. The smallest absolute Gasteiger partial charge is 0.160 e. The van der Waals surface area contributed by atoms with Crippen molar-refractivity contribution in [1.29, 1.82) is 0 Å². The molecule has 102 valence electrons. The van der Waals surface area contributed by atoms with Gasteiger partial charge in [-0.05, 0) is 0 Å². The Labute approximate surface area is 107 Å². The molecule has 17 heavy (non-hydrogen) atoms. The SMILES string of the molecule is COC[C@H]1O[C@H](OCCCl)C[C@@H](OC)[C@@H]1OC. The first-order valence-corrected chi connectivity index (χ1v) is 6.17. The first-order chi connectivity index (χ1) is 8.26. The van der Waals surface area contributed by atoms with Crippen molar-refractivity contribution in [1.82, 2.24) is 0 Å². The Morgan fingerprint density at radius 1 is 1.24 bits per heavy atom. The van der Waals surface area contributed by atoms with E-state index < -0.39 is 0 Å². The molecule has 0 aromatic rings. The van der Waals surface area contributed by atoms with Gasteiger partial charge in [-0.15, -0.1) is 11.6 Å². The quantitative estimate of drug-likeness (QED) is 0.646. The monoisotopic (exact) mass is 268 g/mol. The van der Waals surface area contributed by atoms with Crippen LogP contribution < -0.4 is 0 Å². The fraction of sp³-hybridized carbons (Fsp3) is 1.00. The molecule has 0 aromatic heterocycles. The summed E-state index contributed by atoms with van der Waals surface area (Å²) in [5, 5.41) is 0. The number of alkyl halides is 1. The van der Waals surface area contributed by atoms with E-state index in [9.17, 15) is 0 Å². The Morgan fingerprint density at radius 2 is 2.00 bits per heavy atom. The minimum absolute atomic E-state index is 0.0609. The van der Waals surface area contributed by atoms with Gasteiger partial charge in [0.05, 0.1) is 19.3 Å². The maximum atomic E-state index is 5.75. The van der Waals surface area contributed by atoms with Crippen LogP contribution in [-0.4, -0.2) is 65.0 Å². The summed E-state index contributed by atoms with van der Waals surface area (Å²) in [6, 6.07) is 0. The van der Waals surface area contributed by atoms with Crippen LogP contribution in [0.4, 0.5) is 0 Å². The molecule has 0 amide bonds. The Balaban J connectivity index is 2.58. The normalized spacial score (nSPS) is 33.9. The van der Waals surface area contributed by atoms with Crippen molar-refractivity contribution in [2.45, 2.75) is 31.0 Å². The summed E-state index contributed by atoms with van der Waals surface area (Å²) in [5.41, 5.74) is 0.